The number of H-pyrrole nitrogens is 1. The Morgan fingerprint density at radius 2 is 1.97 bits per heavy atom. The second-order valence-electron chi connectivity index (χ2n) is 10.1. The molecule has 2 aromatic heterocycles. The monoisotopic (exact) mass is 525 g/mol. The topological polar surface area (TPSA) is 99.3 Å². The maximum Gasteiger partial charge on any atom is 0.229 e. The number of carbonyl (C=O) groups excluding carboxylic acids is 1. The smallest absolute Gasteiger partial charge is 0.229 e. The number of nitrogens with one attached hydrogen (secondary N) is 2. The van der Waals surface area contributed by atoms with Gasteiger partial charge in [-0.1, -0.05) is 24.3 Å². The lowest BCUT2D eigenvalue weighted by Gasteiger charge is -2.30. The first-order valence-corrected chi connectivity index (χ1v) is 13.3. The summed E-state index contributed by atoms with van der Waals surface area (Å²) in [6.07, 6.45) is 9.23. The summed E-state index contributed by atoms with van der Waals surface area (Å²) in [5.41, 5.74) is 5.17. The number of hydrogen-bond donors (Lipinski definition) is 2. The van der Waals surface area contributed by atoms with Crippen molar-refractivity contribution in [2.24, 2.45) is 0 Å². The van der Waals surface area contributed by atoms with E-state index in [4.69, 9.17) is 9.72 Å². The van der Waals surface area contributed by atoms with Crippen molar-refractivity contribution >= 4 is 34.1 Å². The standard InChI is InChI=1S/C30H35N7O2/c1-36(2)14-8-11-24(38)18-21-9-7-10-22(17-21)28-25-20-31-35-29(25)34-30(33-28)32-23-12-13-27(39-3)26(19-23)37-15-5-4-6-16-37/h7-13,17,19-20H,4-6,14-16,18H2,1-3H3,(H2,31,32,33,34,35)/b11-8+. The highest BCUT2D eigenvalue weighted by atomic mass is 16.5. The average molecular weight is 526 g/mol. The summed E-state index contributed by atoms with van der Waals surface area (Å²) < 4.78 is 5.65. The highest BCUT2D eigenvalue weighted by Crippen LogP contribution is 2.34. The van der Waals surface area contributed by atoms with Crippen molar-refractivity contribution in [3.63, 3.8) is 0 Å². The first-order chi connectivity index (χ1) is 19.0. The molecule has 0 bridgehead atoms. The van der Waals surface area contributed by atoms with Crippen LogP contribution in [0.1, 0.15) is 24.8 Å². The van der Waals surface area contributed by atoms with Gasteiger partial charge in [-0.05, 0) is 69.3 Å². The molecule has 2 N–H and O–H groups in total. The molecule has 9 heteroatoms. The van der Waals surface area contributed by atoms with Crippen molar-refractivity contribution in [2.45, 2.75) is 25.7 Å². The molecule has 1 saturated heterocycles. The van der Waals surface area contributed by atoms with Gasteiger partial charge in [0.2, 0.25) is 5.95 Å². The molecule has 202 valence electrons. The van der Waals surface area contributed by atoms with Crippen LogP contribution in [0.15, 0.2) is 60.8 Å². The number of benzene rings is 2. The Morgan fingerprint density at radius 1 is 1.13 bits per heavy atom. The fourth-order valence-electron chi connectivity index (χ4n) is 4.87. The zero-order chi connectivity index (χ0) is 27.2. The Hall–Kier alpha value is -4.24. The zero-order valence-electron chi connectivity index (χ0n) is 22.8. The molecule has 3 heterocycles. The molecule has 0 spiro atoms. The Morgan fingerprint density at radius 3 is 2.77 bits per heavy atom. The molecule has 2 aromatic carbocycles. The summed E-state index contributed by atoms with van der Waals surface area (Å²) in [5, 5.41) is 11.4. The van der Waals surface area contributed by atoms with E-state index in [0.29, 0.717) is 18.0 Å². The van der Waals surface area contributed by atoms with Gasteiger partial charge in [0.25, 0.3) is 0 Å². The summed E-state index contributed by atoms with van der Waals surface area (Å²) in [4.78, 5) is 26.4. The quantitative estimate of drug-likeness (QED) is 0.279. The van der Waals surface area contributed by atoms with E-state index in [-0.39, 0.29) is 5.78 Å². The fourth-order valence-corrected chi connectivity index (χ4v) is 4.87. The van der Waals surface area contributed by atoms with Crippen LogP contribution in [-0.4, -0.2) is 71.7 Å². The van der Waals surface area contributed by atoms with Gasteiger partial charge in [0.05, 0.1) is 30.1 Å². The first kappa shape index (κ1) is 26.4. The minimum atomic E-state index is 0.0662. The number of allylic oxidation sites excluding steroid dienone is 1. The largest absolute Gasteiger partial charge is 0.495 e. The van der Waals surface area contributed by atoms with E-state index < -0.39 is 0 Å². The summed E-state index contributed by atoms with van der Waals surface area (Å²) >= 11 is 0. The third kappa shape index (κ3) is 6.43. The summed E-state index contributed by atoms with van der Waals surface area (Å²) in [7, 11) is 5.66. The molecule has 0 unspecified atom stereocenters. The number of hydrogen-bond acceptors (Lipinski definition) is 8. The summed E-state index contributed by atoms with van der Waals surface area (Å²) in [6.45, 7) is 2.77. The Balaban J connectivity index is 1.42. The molecule has 39 heavy (non-hydrogen) atoms. The Bertz CT molecular complexity index is 1470. The van der Waals surface area contributed by atoms with Gasteiger partial charge in [0.1, 0.15) is 5.75 Å². The number of piperidine rings is 1. The lowest BCUT2D eigenvalue weighted by molar-refractivity contribution is -0.114. The number of anilines is 3. The number of fused-ring (bicyclic) bond motifs is 1. The lowest BCUT2D eigenvalue weighted by Crippen LogP contribution is -2.29. The molecule has 0 saturated carbocycles. The van der Waals surface area contributed by atoms with Gasteiger partial charge in [-0.3, -0.25) is 9.89 Å². The number of aromatic amines is 1. The van der Waals surface area contributed by atoms with Crippen LogP contribution >= 0.6 is 0 Å². The van der Waals surface area contributed by atoms with Gasteiger partial charge in [-0.2, -0.15) is 10.1 Å². The highest BCUT2D eigenvalue weighted by Gasteiger charge is 2.17. The van der Waals surface area contributed by atoms with Crippen molar-refractivity contribution < 1.29 is 9.53 Å². The average Bonchev–Trinajstić information content (AvgIpc) is 3.42. The Labute approximate surface area is 228 Å². The van der Waals surface area contributed by atoms with Gasteiger partial charge < -0.3 is 19.9 Å². The number of rotatable bonds is 10. The molecule has 5 rings (SSSR count). The number of aromatic nitrogens is 4. The predicted octanol–water partition coefficient (Wildman–Crippen LogP) is 4.99. The van der Waals surface area contributed by atoms with E-state index in [2.05, 4.69) is 31.5 Å². The summed E-state index contributed by atoms with van der Waals surface area (Å²) in [6, 6.07) is 14.0. The number of ketones is 1. The van der Waals surface area contributed by atoms with Crippen LogP contribution < -0.4 is 15.0 Å². The van der Waals surface area contributed by atoms with Crippen LogP contribution in [0.5, 0.6) is 5.75 Å². The fraction of sp³-hybridized carbons (Fsp3) is 0.333. The van der Waals surface area contributed by atoms with E-state index in [1.807, 2.05) is 61.5 Å². The van der Waals surface area contributed by atoms with Gasteiger partial charge >= 0.3 is 0 Å². The van der Waals surface area contributed by atoms with Gasteiger partial charge in [-0.15, -0.1) is 0 Å². The van der Waals surface area contributed by atoms with Crippen LogP contribution in [0.4, 0.5) is 17.3 Å². The molecule has 1 aliphatic heterocycles. The zero-order valence-corrected chi connectivity index (χ0v) is 22.8. The molecule has 0 amide bonds. The SMILES string of the molecule is COc1ccc(Nc2nc(-c3cccc(CC(=O)/C=C/CN(C)C)c3)c3cn[nH]c3n2)cc1N1CCCCC1. The third-order valence-electron chi connectivity index (χ3n) is 6.79. The van der Waals surface area contributed by atoms with E-state index in [1.54, 1.807) is 19.4 Å². The van der Waals surface area contributed by atoms with Crippen LogP contribution in [-0.2, 0) is 11.2 Å². The van der Waals surface area contributed by atoms with Crippen LogP contribution in [0.25, 0.3) is 22.3 Å². The second kappa shape index (κ2) is 12.1. The van der Waals surface area contributed by atoms with Gasteiger partial charge in [-0.25, -0.2) is 4.98 Å². The number of ether oxygens (including phenoxy) is 1. The van der Waals surface area contributed by atoms with Crippen molar-refractivity contribution in [1.82, 2.24) is 25.1 Å². The van der Waals surface area contributed by atoms with Crippen molar-refractivity contribution in [3.8, 4) is 17.0 Å². The molecule has 1 aliphatic rings. The second-order valence-corrected chi connectivity index (χ2v) is 10.1. The molecular formula is C30H35N7O2. The molecule has 4 aromatic rings. The van der Waals surface area contributed by atoms with E-state index in [1.165, 1.54) is 19.3 Å². The molecule has 9 nitrogen and oxygen atoms in total. The number of carbonyl (C=O) groups is 1. The molecular weight excluding hydrogens is 490 g/mol. The van der Waals surface area contributed by atoms with Crippen molar-refractivity contribution in [3.05, 3.63) is 66.4 Å². The van der Waals surface area contributed by atoms with E-state index in [0.717, 1.165) is 59.0 Å². The molecule has 0 atom stereocenters. The van der Waals surface area contributed by atoms with Gasteiger partial charge in [0.15, 0.2) is 11.4 Å². The van der Waals surface area contributed by atoms with Crippen LogP contribution in [0, 0.1) is 0 Å². The summed E-state index contributed by atoms with van der Waals surface area (Å²) in [5.74, 6) is 1.39. The highest BCUT2D eigenvalue weighted by molar-refractivity contribution is 5.93. The van der Waals surface area contributed by atoms with E-state index in [9.17, 15) is 4.79 Å². The molecule has 0 radical (unpaired) electrons. The minimum absolute atomic E-state index is 0.0662. The normalized spacial score (nSPS) is 13.9. The Kier molecular flexibility index (Phi) is 8.17. The van der Waals surface area contributed by atoms with Crippen LogP contribution in [0.2, 0.25) is 0 Å². The number of nitrogens with zero attached hydrogens (tertiary/aromatic N) is 5. The predicted molar refractivity (Wildman–Crippen MR) is 156 cm³/mol. The first-order valence-electron chi connectivity index (χ1n) is 13.3. The maximum absolute atomic E-state index is 12.5. The third-order valence-corrected chi connectivity index (χ3v) is 6.79. The van der Waals surface area contributed by atoms with E-state index >= 15 is 0 Å². The lowest BCUT2D eigenvalue weighted by atomic mass is 10.0. The van der Waals surface area contributed by atoms with Crippen molar-refractivity contribution in [2.75, 3.05) is 51.1 Å². The molecule has 0 aliphatic carbocycles. The van der Waals surface area contributed by atoms with Gasteiger partial charge in [0, 0.05) is 37.3 Å². The van der Waals surface area contributed by atoms with Crippen LogP contribution in [0.3, 0.4) is 0 Å². The number of likely N-dealkylation sites (N-methyl/N-ethyl adjacent to an activating group) is 1. The minimum Gasteiger partial charge on any atom is -0.495 e. The number of methoxy groups -OCH3 is 1. The maximum atomic E-state index is 12.5. The molecule has 1 fully saturated rings. The van der Waals surface area contributed by atoms with Crippen molar-refractivity contribution in [1.29, 1.82) is 0 Å².